The maximum atomic E-state index is 13.3. The van der Waals surface area contributed by atoms with Gasteiger partial charge in [-0.05, 0) is 56.3 Å². The minimum atomic E-state index is 0.142. The number of benzene rings is 1. The molecule has 0 radical (unpaired) electrons. The Bertz CT molecular complexity index is 820. The first kappa shape index (κ1) is 19.9. The van der Waals surface area contributed by atoms with Gasteiger partial charge in [0.25, 0.3) is 0 Å². The fourth-order valence-corrected chi connectivity index (χ4v) is 4.67. The molecule has 2 aromatic rings. The van der Waals surface area contributed by atoms with E-state index >= 15 is 0 Å². The van der Waals surface area contributed by atoms with Crippen LogP contribution in [0.15, 0.2) is 54.7 Å². The lowest BCUT2D eigenvalue weighted by molar-refractivity contribution is -0.137. The van der Waals surface area contributed by atoms with Gasteiger partial charge < -0.3 is 4.90 Å². The Kier molecular flexibility index (Phi) is 6.45. The Labute approximate surface area is 174 Å². The van der Waals surface area contributed by atoms with Crippen molar-refractivity contribution in [2.24, 2.45) is 18.9 Å². The number of carbonyl (C=O) groups is 1. The summed E-state index contributed by atoms with van der Waals surface area (Å²) in [4.78, 5) is 17.9. The Morgan fingerprint density at radius 1 is 1.07 bits per heavy atom. The summed E-state index contributed by atoms with van der Waals surface area (Å²) in [7, 11) is 2.00. The molecule has 0 bridgehead atoms. The number of hydrogen-bond donors (Lipinski definition) is 0. The average molecular weight is 393 g/mol. The van der Waals surface area contributed by atoms with Crippen LogP contribution in [0.25, 0.3) is 0 Å². The van der Waals surface area contributed by atoms with Gasteiger partial charge in [-0.2, -0.15) is 5.10 Å². The minimum absolute atomic E-state index is 0.142. The quantitative estimate of drug-likeness (QED) is 0.709. The minimum Gasteiger partial charge on any atom is -0.338 e. The molecule has 3 heterocycles. The molecule has 154 valence electrons. The molecule has 0 saturated carbocycles. The summed E-state index contributed by atoms with van der Waals surface area (Å²) in [6.07, 6.45) is 10.3. The molecule has 2 aliphatic heterocycles. The van der Waals surface area contributed by atoms with Gasteiger partial charge in [-0.25, -0.2) is 0 Å². The molecule has 5 nitrogen and oxygen atoms in total. The number of hydrogen-bond acceptors (Lipinski definition) is 3. The zero-order valence-corrected chi connectivity index (χ0v) is 17.4. The number of amides is 1. The monoisotopic (exact) mass is 392 g/mol. The van der Waals surface area contributed by atoms with Gasteiger partial charge in [0.05, 0.1) is 5.69 Å². The first-order chi connectivity index (χ1) is 14.2. The van der Waals surface area contributed by atoms with Crippen LogP contribution in [-0.4, -0.2) is 51.7 Å². The molecule has 5 heteroatoms. The lowest BCUT2D eigenvalue weighted by Gasteiger charge is -2.36. The predicted octanol–water partition coefficient (Wildman–Crippen LogP) is 3.28. The van der Waals surface area contributed by atoms with Crippen LogP contribution in [0.3, 0.4) is 0 Å². The molecule has 0 spiro atoms. The van der Waals surface area contributed by atoms with Crippen LogP contribution in [-0.2, 0) is 24.8 Å². The number of aromatic nitrogens is 2. The van der Waals surface area contributed by atoms with Gasteiger partial charge in [-0.1, -0.05) is 42.5 Å². The SMILES string of the molecule is Cn1nccc1CN1CCC([C@H]2CC=CCN(CCc3ccccc3)C2=O)CC1. The van der Waals surface area contributed by atoms with E-state index in [1.165, 1.54) is 11.3 Å². The molecule has 0 unspecified atom stereocenters. The van der Waals surface area contributed by atoms with Crippen LogP contribution in [0.4, 0.5) is 0 Å². The summed E-state index contributed by atoms with van der Waals surface area (Å²) < 4.78 is 1.95. The number of carbonyl (C=O) groups excluding carboxylic acids is 1. The molecular weight excluding hydrogens is 360 g/mol. The summed E-state index contributed by atoms with van der Waals surface area (Å²) >= 11 is 0. The van der Waals surface area contributed by atoms with Gasteiger partial charge >= 0.3 is 0 Å². The molecule has 4 rings (SSSR count). The van der Waals surface area contributed by atoms with E-state index in [1.54, 1.807) is 0 Å². The highest BCUT2D eigenvalue weighted by Gasteiger charge is 2.34. The third kappa shape index (κ3) is 4.96. The van der Waals surface area contributed by atoms with Gasteiger partial charge in [0.2, 0.25) is 5.91 Å². The molecule has 2 aliphatic rings. The molecule has 1 amide bonds. The van der Waals surface area contributed by atoms with E-state index in [0.29, 0.717) is 11.8 Å². The zero-order chi connectivity index (χ0) is 20.1. The second-order valence-electron chi connectivity index (χ2n) is 8.39. The number of aryl methyl sites for hydroxylation is 1. The fourth-order valence-electron chi connectivity index (χ4n) is 4.67. The van der Waals surface area contributed by atoms with Crippen LogP contribution in [0.5, 0.6) is 0 Å². The van der Waals surface area contributed by atoms with E-state index < -0.39 is 0 Å². The smallest absolute Gasteiger partial charge is 0.226 e. The number of piperidine rings is 1. The van der Waals surface area contributed by atoms with Gasteiger partial charge in [0.15, 0.2) is 0 Å². The zero-order valence-electron chi connectivity index (χ0n) is 17.4. The van der Waals surface area contributed by atoms with Gasteiger partial charge in [-0.15, -0.1) is 0 Å². The molecule has 1 aromatic carbocycles. The molecule has 29 heavy (non-hydrogen) atoms. The van der Waals surface area contributed by atoms with E-state index in [9.17, 15) is 4.79 Å². The van der Waals surface area contributed by atoms with Crippen LogP contribution < -0.4 is 0 Å². The standard InChI is InChI=1S/C24H32N4O/c1-26-22(10-14-25-26)19-27-16-12-21(13-17-27)23-9-5-6-15-28(24(23)29)18-11-20-7-3-2-4-8-20/h2-8,10,14,21,23H,9,11-13,15-19H2,1H3/t23-/m1/s1. The van der Waals surface area contributed by atoms with E-state index in [0.717, 1.165) is 58.4 Å². The van der Waals surface area contributed by atoms with E-state index in [2.05, 4.69) is 57.4 Å². The third-order valence-corrected chi connectivity index (χ3v) is 6.53. The highest BCUT2D eigenvalue weighted by molar-refractivity contribution is 5.80. The molecule has 1 saturated heterocycles. The average Bonchev–Trinajstić information content (AvgIpc) is 3.06. The summed E-state index contributed by atoms with van der Waals surface area (Å²) in [6, 6.07) is 12.6. The summed E-state index contributed by atoms with van der Waals surface area (Å²) in [6.45, 7) is 4.64. The van der Waals surface area contributed by atoms with E-state index in [-0.39, 0.29) is 5.92 Å². The molecular formula is C24H32N4O. The summed E-state index contributed by atoms with van der Waals surface area (Å²) in [5.74, 6) is 0.992. The van der Waals surface area contributed by atoms with Crippen molar-refractivity contribution in [1.82, 2.24) is 19.6 Å². The third-order valence-electron chi connectivity index (χ3n) is 6.53. The van der Waals surface area contributed by atoms with Crippen molar-refractivity contribution < 1.29 is 4.79 Å². The van der Waals surface area contributed by atoms with Gasteiger partial charge in [0.1, 0.15) is 0 Å². The first-order valence-electron chi connectivity index (χ1n) is 10.9. The first-order valence-corrected chi connectivity index (χ1v) is 10.9. The Hall–Kier alpha value is -2.40. The van der Waals surface area contributed by atoms with Gasteiger partial charge in [-0.3, -0.25) is 14.4 Å². The van der Waals surface area contributed by atoms with Crippen LogP contribution in [0.2, 0.25) is 0 Å². The molecule has 0 N–H and O–H groups in total. The Morgan fingerprint density at radius 3 is 2.59 bits per heavy atom. The maximum absolute atomic E-state index is 13.3. The van der Waals surface area contributed by atoms with Crippen molar-refractivity contribution in [3.05, 3.63) is 66.0 Å². The topological polar surface area (TPSA) is 41.4 Å². The van der Waals surface area contributed by atoms with Crippen LogP contribution >= 0.6 is 0 Å². The molecule has 1 aromatic heterocycles. The van der Waals surface area contributed by atoms with Crippen molar-refractivity contribution in [2.75, 3.05) is 26.2 Å². The lowest BCUT2D eigenvalue weighted by atomic mass is 9.81. The van der Waals surface area contributed by atoms with Crippen molar-refractivity contribution in [2.45, 2.75) is 32.2 Å². The number of likely N-dealkylation sites (tertiary alicyclic amines) is 1. The van der Waals surface area contributed by atoms with Crippen molar-refractivity contribution in [3.8, 4) is 0 Å². The normalized spacial score (nSPS) is 21.5. The summed E-state index contributed by atoms with van der Waals surface area (Å²) in [5, 5.41) is 4.27. The second-order valence-corrected chi connectivity index (χ2v) is 8.39. The highest BCUT2D eigenvalue weighted by Crippen LogP contribution is 2.31. The second kappa shape index (κ2) is 9.40. The number of nitrogens with zero attached hydrogens (tertiary/aromatic N) is 4. The number of allylic oxidation sites excluding steroid dienone is 1. The fraction of sp³-hybridized carbons (Fsp3) is 0.500. The van der Waals surface area contributed by atoms with E-state index in [1.807, 2.05) is 24.0 Å². The Balaban J connectivity index is 1.32. The Morgan fingerprint density at radius 2 is 1.86 bits per heavy atom. The van der Waals surface area contributed by atoms with Gasteiger partial charge in [0, 0.05) is 38.8 Å². The highest BCUT2D eigenvalue weighted by atomic mass is 16.2. The number of rotatable bonds is 6. The predicted molar refractivity (Wildman–Crippen MR) is 115 cm³/mol. The molecule has 1 fully saturated rings. The summed E-state index contributed by atoms with van der Waals surface area (Å²) in [5.41, 5.74) is 2.55. The van der Waals surface area contributed by atoms with Crippen molar-refractivity contribution in [1.29, 1.82) is 0 Å². The maximum Gasteiger partial charge on any atom is 0.226 e. The van der Waals surface area contributed by atoms with Crippen LogP contribution in [0, 0.1) is 11.8 Å². The van der Waals surface area contributed by atoms with Crippen LogP contribution in [0.1, 0.15) is 30.5 Å². The van der Waals surface area contributed by atoms with Crippen molar-refractivity contribution in [3.63, 3.8) is 0 Å². The van der Waals surface area contributed by atoms with E-state index in [4.69, 9.17) is 0 Å². The van der Waals surface area contributed by atoms with Crippen molar-refractivity contribution >= 4 is 5.91 Å². The molecule has 0 aliphatic carbocycles. The molecule has 1 atom stereocenters. The largest absolute Gasteiger partial charge is 0.338 e. The lowest BCUT2D eigenvalue weighted by Crippen LogP contribution is -2.43.